The van der Waals surface area contributed by atoms with Crippen molar-refractivity contribution in [3.8, 4) is 0 Å². The fourth-order valence-electron chi connectivity index (χ4n) is 0.787. The lowest BCUT2D eigenvalue weighted by Gasteiger charge is -1.95. The second-order valence-corrected chi connectivity index (χ2v) is 2.22. The van der Waals surface area contributed by atoms with E-state index >= 15 is 0 Å². The molecule has 0 amide bonds. The molecule has 0 atom stereocenters. The Kier molecular flexibility index (Phi) is 3.02. The van der Waals surface area contributed by atoms with Crippen LogP contribution in [0.2, 0.25) is 0 Å². The zero-order chi connectivity index (χ0) is 8.81. The van der Waals surface area contributed by atoms with Crippen LogP contribution in [-0.2, 0) is 0 Å². The molecule has 0 radical (unpaired) electrons. The van der Waals surface area contributed by atoms with Gasteiger partial charge < -0.3 is 5.73 Å². The summed E-state index contributed by atoms with van der Waals surface area (Å²) >= 11 is 0. The first-order valence-corrected chi connectivity index (χ1v) is 3.71. The maximum atomic E-state index is 5.62. The summed E-state index contributed by atoms with van der Waals surface area (Å²) in [6.45, 7) is 1.79. The normalized spacial score (nSPS) is 12.2. The molecule has 3 nitrogen and oxygen atoms in total. The van der Waals surface area contributed by atoms with Crippen molar-refractivity contribution in [1.29, 1.82) is 0 Å². The van der Waals surface area contributed by atoms with Crippen LogP contribution < -0.4 is 5.73 Å². The quantitative estimate of drug-likeness (QED) is 0.398. The molecular weight excluding hydrogens is 150 g/mol. The Morgan fingerprint density at radius 3 is 2.58 bits per heavy atom. The van der Waals surface area contributed by atoms with E-state index in [0.717, 1.165) is 5.56 Å². The molecule has 2 N–H and O–H groups in total. The highest BCUT2D eigenvalue weighted by Crippen LogP contribution is 1.97. The van der Waals surface area contributed by atoms with E-state index in [2.05, 4.69) is 10.2 Å². The van der Waals surface area contributed by atoms with E-state index in [0.29, 0.717) is 5.84 Å². The lowest BCUT2D eigenvalue weighted by molar-refractivity contribution is 1.23. The van der Waals surface area contributed by atoms with E-state index in [1.807, 2.05) is 30.3 Å². The SMILES string of the molecule is C/C=N\N=C(/N)c1ccccc1. The summed E-state index contributed by atoms with van der Waals surface area (Å²) in [6, 6.07) is 9.54. The van der Waals surface area contributed by atoms with Crippen molar-refractivity contribution in [3.05, 3.63) is 35.9 Å². The van der Waals surface area contributed by atoms with Crippen LogP contribution in [0, 0.1) is 0 Å². The molecule has 0 aliphatic carbocycles. The van der Waals surface area contributed by atoms with Crippen LogP contribution in [0.3, 0.4) is 0 Å². The molecule has 12 heavy (non-hydrogen) atoms. The molecule has 3 heteroatoms. The van der Waals surface area contributed by atoms with Gasteiger partial charge in [0.05, 0.1) is 0 Å². The van der Waals surface area contributed by atoms with Crippen molar-refractivity contribution in [1.82, 2.24) is 0 Å². The molecule has 62 valence electrons. The first-order chi connectivity index (χ1) is 5.84. The van der Waals surface area contributed by atoms with Crippen molar-refractivity contribution in [2.45, 2.75) is 6.92 Å². The summed E-state index contributed by atoms with van der Waals surface area (Å²) < 4.78 is 0. The molecule has 0 aliphatic heterocycles. The number of benzene rings is 1. The third-order valence-electron chi connectivity index (χ3n) is 1.35. The highest BCUT2D eigenvalue weighted by molar-refractivity contribution is 5.97. The smallest absolute Gasteiger partial charge is 0.153 e. The number of hydrogen-bond acceptors (Lipinski definition) is 2. The van der Waals surface area contributed by atoms with Gasteiger partial charge in [-0.3, -0.25) is 0 Å². The molecule has 1 aromatic rings. The Morgan fingerprint density at radius 2 is 2.00 bits per heavy atom. The van der Waals surface area contributed by atoms with E-state index in [9.17, 15) is 0 Å². The van der Waals surface area contributed by atoms with Gasteiger partial charge in [0.25, 0.3) is 0 Å². The minimum atomic E-state index is 0.439. The van der Waals surface area contributed by atoms with Gasteiger partial charge in [0.1, 0.15) is 0 Å². The summed E-state index contributed by atoms with van der Waals surface area (Å²) in [5.41, 5.74) is 6.51. The highest BCUT2D eigenvalue weighted by Gasteiger charge is 1.93. The van der Waals surface area contributed by atoms with Crippen LogP contribution in [0.25, 0.3) is 0 Å². The fraction of sp³-hybridized carbons (Fsp3) is 0.111. The predicted octanol–water partition coefficient (Wildman–Crippen LogP) is 1.40. The van der Waals surface area contributed by atoms with Gasteiger partial charge >= 0.3 is 0 Å². The average molecular weight is 161 g/mol. The summed E-state index contributed by atoms with van der Waals surface area (Å²) in [4.78, 5) is 0. The minimum Gasteiger partial charge on any atom is -0.382 e. The maximum absolute atomic E-state index is 5.62. The van der Waals surface area contributed by atoms with E-state index in [4.69, 9.17) is 5.73 Å². The number of nitrogens with zero attached hydrogens (tertiary/aromatic N) is 2. The van der Waals surface area contributed by atoms with E-state index < -0.39 is 0 Å². The second kappa shape index (κ2) is 4.28. The van der Waals surface area contributed by atoms with E-state index in [1.54, 1.807) is 13.1 Å². The molecule has 1 aromatic carbocycles. The van der Waals surface area contributed by atoms with Crippen LogP contribution >= 0.6 is 0 Å². The minimum absolute atomic E-state index is 0.439. The lowest BCUT2D eigenvalue weighted by Crippen LogP contribution is -2.12. The summed E-state index contributed by atoms with van der Waals surface area (Å²) in [5.74, 6) is 0.439. The largest absolute Gasteiger partial charge is 0.382 e. The molecule has 0 saturated heterocycles. The number of rotatable bonds is 2. The van der Waals surface area contributed by atoms with Crippen LogP contribution in [0.4, 0.5) is 0 Å². The van der Waals surface area contributed by atoms with Crippen LogP contribution in [-0.4, -0.2) is 12.1 Å². The Morgan fingerprint density at radius 1 is 1.33 bits per heavy atom. The predicted molar refractivity (Wildman–Crippen MR) is 51.3 cm³/mol. The fourth-order valence-corrected chi connectivity index (χ4v) is 0.787. The van der Waals surface area contributed by atoms with Crippen LogP contribution in [0.1, 0.15) is 12.5 Å². The highest BCUT2D eigenvalue weighted by atomic mass is 15.2. The molecule has 1 rings (SSSR count). The molecular formula is C9H11N3. The lowest BCUT2D eigenvalue weighted by atomic mass is 10.2. The molecule has 0 saturated carbocycles. The second-order valence-electron chi connectivity index (χ2n) is 2.22. The summed E-state index contributed by atoms with van der Waals surface area (Å²) in [6.07, 6.45) is 1.59. The van der Waals surface area contributed by atoms with Crippen molar-refractivity contribution in [3.63, 3.8) is 0 Å². The Bertz CT molecular complexity index is 288. The summed E-state index contributed by atoms with van der Waals surface area (Å²) in [7, 11) is 0. The van der Waals surface area contributed by atoms with Gasteiger partial charge in [-0.2, -0.15) is 5.10 Å². The van der Waals surface area contributed by atoms with Crippen molar-refractivity contribution in [2.75, 3.05) is 0 Å². The Labute approximate surface area is 71.6 Å². The van der Waals surface area contributed by atoms with Gasteiger partial charge in [0.15, 0.2) is 5.84 Å². The topological polar surface area (TPSA) is 50.7 Å². The Balaban J connectivity index is 2.85. The molecule has 0 fully saturated rings. The van der Waals surface area contributed by atoms with E-state index in [1.165, 1.54) is 0 Å². The Hall–Kier alpha value is -1.64. The third kappa shape index (κ3) is 2.20. The van der Waals surface area contributed by atoms with Gasteiger partial charge in [-0.25, -0.2) is 0 Å². The zero-order valence-electron chi connectivity index (χ0n) is 6.94. The number of hydrogen-bond donors (Lipinski definition) is 1. The van der Waals surface area contributed by atoms with Crippen molar-refractivity contribution < 1.29 is 0 Å². The number of amidine groups is 1. The van der Waals surface area contributed by atoms with Gasteiger partial charge in [0, 0.05) is 11.8 Å². The third-order valence-corrected chi connectivity index (χ3v) is 1.35. The van der Waals surface area contributed by atoms with Crippen LogP contribution in [0.15, 0.2) is 40.5 Å². The molecule has 0 spiro atoms. The molecule has 0 aromatic heterocycles. The maximum Gasteiger partial charge on any atom is 0.153 e. The van der Waals surface area contributed by atoms with Crippen LogP contribution in [0.5, 0.6) is 0 Å². The molecule has 0 aliphatic rings. The molecule has 0 bridgehead atoms. The monoisotopic (exact) mass is 161 g/mol. The van der Waals surface area contributed by atoms with Gasteiger partial charge in [-0.05, 0) is 6.92 Å². The standard InChI is InChI=1S/C9H11N3/c1-2-11-12-9(10)8-6-4-3-5-7-8/h2-7H,1H3,(H2,10,12)/b11-2-. The first kappa shape index (κ1) is 8.46. The zero-order valence-corrected chi connectivity index (χ0v) is 6.94. The number of nitrogens with two attached hydrogens (primary N) is 1. The first-order valence-electron chi connectivity index (χ1n) is 3.71. The van der Waals surface area contributed by atoms with Gasteiger partial charge in [0.2, 0.25) is 0 Å². The van der Waals surface area contributed by atoms with Gasteiger partial charge in [-0.15, -0.1) is 5.10 Å². The van der Waals surface area contributed by atoms with Gasteiger partial charge in [-0.1, -0.05) is 30.3 Å². The average Bonchev–Trinajstić information content (AvgIpc) is 2.15. The molecule has 0 heterocycles. The van der Waals surface area contributed by atoms with Crippen molar-refractivity contribution in [2.24, 2.45) is 15.9 Å². The summed E-state index contributed by atoms with van der Waals surface area (Å²) in [5, 5.41) is 7.46. The van der Waals surface area contributed by atoms with Crippen molar-refractivity contribution >= 4 is 12.1 Å². The van der Waals surface area contributed by atoms with E-state index in [-0.39, 0.29) is 0 Å². The molecule has 0 unspecified atom stereocenters.